The second-order valence-corrected chi connectivity index (χ2v) is 6.83. The van der Waals surface area contributed by atoms with Crippen molar-refractivity contribution in [3.63, 3.8) is 0 Å². The lowest BCUT2D eigenvalue weighted by Gasteiger charge is -2.33. The zero-order chi connectivity index (χ0) is 20.6. The third kappa shape index (κ3) is 3.62. The quantitative estimate of drug-likeness (QED) is 0.648. The number of anilines is 1. The first-order valence-corrected chi connectivity index (χ1v) is 9.11. The third-order valence-electron chi connectivity index (χ3n) is 5.07. The van der Waals surface area contributed by atoms with Gasteiger partial charge in [-0.2, -0.15) is 18.3 Å². The number of methoxy groups -OCH3 is 2. The van der Waals surface area contributed by atoms with E-state index in [2.05, 4.69) is 10.4 Å². The predicted molar refractivity (Wildman–Crippen MR) is 103 cm³/mol. The molecule has 152 valence electrons. The Balaban J connectivity index is 1.74. The lowest BCUT2D eigenvalue weighted by atomic mass is 9.96. The molecule has 0 bridgehead atoms. The van der Waals surface area contributed by atoms with Crippen LogP contribution < -0.4 is 14.8 Å². The van der Waals surface area contributed by atoms with Gasteiger partial charge in [0.2, 0.25) is 0 Å². The van der Waals surface area contributed by atoms with Gasteiger partial charge in [0.1, 0.15) is 5.82 Å². The number of halogens is 3. The van der Waals surface area contributed by atoms with E-state index >= 15 is 0 Å². The first-order chi connectivity index (χ1) is 13.9. The average molecular weight is 403 g/mol. The van der Waals surface area contributed by atoms with Crippen molar-refractivity contribution < 1.29 is 22.6 Å². The van der Waals surface area contributed by atoms with Crippen LogP contribution >= 0.6 is 0 Å². The van der Waals surface area contributed by atoms with Crippen LogP contribution in [0.1, 0.15) is 24.1 Å². The maximum absolute atomic E-state index is 13.9. The highest BCUT2D eigenvalue weighted by molar-refractivity contribution is 5.64. The van der Waals surface area contributed by atoms with Gasteiger partial charge in [-0.05, 0) is 17.7 Å². The summed E-state index contributed by atoms with van der Waals surface area (Å²) < 4.78 is 53.1. The Morgan fingerprint density at radius 1 is 1.00 bits per heavy atom. The van der Waals surface area contributed by atoms with Crippen LogP contribution in [0.2, 0.25) is 0 Å². The Bertz CT molecular complexity index is 1000. The molecule has 2 aromatic carbocycles. The molecule has 0 aliphatic carbocycles. The van der Waals surface area contributed by atoms with E-state index < -0.39 is 18.3 Å². The standard InChI is InChI=1S/C21H20F3N3O2/c1-28-17-9-8-14(10-18(17)29-2)15-11-19(21(22,23)24)27-20(25-15)12-16(26-27)13-6-4-3-5-7-13/h3-10,12,15,19,25H,11H2,1-2H3/t15-,19+/m0/s1. The van der Waals surface area contributed by atoms with Gasteiger partial charge >= 0.3 is 6.18 Å². The van der Waals surface area contributed by atoms with Crippen LogP contribution in [0.25, 0.3) is 11.3 Å². The van der Waals surface area contributed by atoms with E-state index in [1.165, 1.54) is 14.2 Å². The molecular weight excluding hydrogens is 383 g/mol. The van der Waals surface area contributed by atoms with Gasteiger partial charge in [-0.25, -0.2) is 4.68 Å². The molecule has 1 aliphatic rings. The second-order valence-electron chi connectivity index (χ2n) is 6.83. The highest BCUT2D eigenvalue weighted by Gasteiger charge is 2.46. The second kappa shape index (κ2) is 7.35. The summed E-state index contributed by atoms with van der Waals surface area (Å²) in [5.74, 6) is 1.33. The van der Waals surface area contributed by atoms with E-state index in [4.69, 9.17) is 9.47 Å². The first-order valence-electron chi connectivity index (χ1n) is 9.11. The lowest BCUT2D eigenvalue weighted by molar-refractivity contribution is -0.173. The molecule has 0 saturated carbocycles. The summed E-state index contributed by atoms with van der Waals surface area (Å²) in [6.45, 7) is 0. The Hall–Kier alpha value is -3.16. The van der Waals surface area contributed by atoms with E-state index in [-0.39, 0.29) is 6.42 Å². The van der Waals surface area contributed by atoms with Crippen LogP contribution in [0.15, 0.2) is 54.6 Å². The Morgan fingerprint density at radius 2 is 1.72 bits per heavy atom. The van der Waals surface area contributed by atoms with E-state index in [0.717, 1.165) is 10.2 Å². The minimum Gasteiger partial charge on any atom is -0.493 e. The minimum atomic E-state index is -4.42. The highest BCUT2D eigenvalue weighted by Crippen LogP contribution is 2.45. The number of nitrogens with one attached hydrogen (secondary N) is 1. The van der Waals surface area contributed by atoms with Gasteiger partial charge in [0.15, 0.2) is 17.5 Å². The lowest BCUT2D eigenvalue weighted by Crippen LogP contribution is -2.35. The zero-order valence-corrected chi connectivity index (χ0v) is 15.9. The smallest absolute Gasteiger partial charge is 0.410 e. The number of hydrogen-bond donors (Lipinski definition) is 1. The van der Waals surface area contributed by atoms with Crippen molar-refractivity contribution in [2.75, 3.05) is 19.5 Å². The number of rotatable bonds is 4. The highest BCUT2D eigenvalue weighted by atomic mass is 19.4. The summed E-state index contributed by atoms with van der Waals surface area (Å²) in [7, 11) is 3.01. The summed E-state index contributed by atoms with van der Waals surface area (Å²) >= 11 is 0. The monoisotopic (exact) mass is 403 g/mol. The number of fused-ring (bicyclic) bond motifs is 1. The Kier molecular flexibility index (Phi) is 4.86. The van der Waals surface area contributed by atoms with Crippen molar-refractivity contribution in [1.82, 2.24) is 9.78 Å². The van der Waals surface area contributed by atoms with Crippen molar-refractivity contribution in [2.45, 2.75) is 24.7 Å². The number of alkyl halides is 3. The maximum atomic E-state index is 13.9. The molecule has 0 amide bonds. The van der Waals surface area contributed by atoms with Crippen molar-refractivity contribution in [3.05, 3.63) is 60.2 Å². The molecule has 1 N–H and O–H groups in total. The van der Waals surface area contributed by atoms with Crippen molar-refractivity contribution in [3.8, 4) is 22.8 Å². The summed E-state index contributed by atoms with van der Waals surface area (Å²) in [6.07, 6.45) is -4.60. The number of ether oxygens (including phenoxy) is 2. The van der Waals surface area contributed by atoms with Crippen LogP contribution in [0.3, 0.4) is 0 Å². The molecule has 4 rings (SSSR count). The topological polar surface area (TPSA) is 48.3 Å². The summed E-state index contributed by atoms with van der Waals surface area (Å²) in [5.41, 5.74) is 1.95. The summed E-state index contributed by atoms with van der Waals surface area (Å²) in [4.78, 5) is 0. The number of nitrogens with zero attached hydrogens (tertiary/aromatic N) is 2. The van der Waals surface area contributed by atoms with E-state index in [1.54, 1.807) is 24.3 Å². The van der Waals surface area contributed by atoms with Gasteiger partial charge < -0.3 is 14.8 Å². The molecule has 0 radical (unpaired) electrons. The number of aromatic nitrogens is 2. The summed E-state index contributed by atoms with van der Waals surface area (Å²) in [6, 6.07) is 13.7. The van der Waals surface area contributed by atoms with Crippen molar-refractivity contribution in [2.24, 2.45) is 0 Å². The number of benzene rings is 2. The average Bonchev–Trinajstić information content (AvgIpc) is 3.16. The van der Waals surface area contributed by atoms with Crippen molar-refractivity contribution >= 4 is 5.82 Å². The van der Waals surface area contributed by atoms with Gasteiger partial charge in [0.05, 0.1) is 26.0 Å². The van der Waals surface area contributed by atoms with Gasteiger partial charge in [-0.1, -0.05) is 36.4 Å². The molecule has 5 nitrogen and oxygen atoms in total. The fraction of sp³-hybridized carbons (Fsp3) is 0.286. The third-order valence-corrected chi connectivity index (χ3v) is 5.07. The predicted octanol–water partition coefficient (Wildman–Crippen LogP) is 5.23. The molecule has 29 heavy (non-hydrogen) atoms. The molecule has 3 aromatic rings. The molecular formula is C21H20F3N3O2. The van der Waals surface area contributed by atoms with Gasteiger partial charge in [0, 0.05) is 18.1 Å². The van der Waals surface area contributed by atoms with Crippen LogP contribution in [-0.2, 0) is 0 Å². The van der Waals surface area contributed by atoms with E-state index in [0.29, 0.717) is 28.6 Å². The summed E-state index contributed by atoms with van der Waals surface area (Å²) in [5, 5.41) is 7.45. The molecule has 0 unspecified atom stereocenters. The van der Waals surface area contributed by atoms with Crippen LogP contribution in [0.5, 0.6) is 11.5 Å². The molecule has 0 spiro atoms. The normalized spacial score (nSPS) is 18.7. The minimum absolute atomic E-state index is 0.179. The fourth-order valence-electron chi connectivity index (χ4n) is 3.61. The molecule has 8 heteroatoms. The molecule has 0 saturated heterocycles. The van der Waals surface area contributed by atoms with Gasteiger partial charge in [-0.15, -0.1) is 0 Å². The van der Waals surface area contributed by atoms with Crippen molar-refractivity contribution in [1.29, 1.82) is 0 Å². The van der Waals surface area contributed by atoms with Crippen LogP contribution in [0, 0.1) is 0 Å². The molecule has 2 atom stereocenters. The Labute approximate surface area is 166 Å². The molecule has 0 fully saturated rings. The molecule has 1 aliphatic heterocycles. The van der Waals surface area contributed by atoms with E-state index in [1.807, 2.05) is 30.3 Å². The fourth-order valence-corrected chi connectivity index (χ4v) is 3.61. The largest absolute Gasteiger partial charge is 0.493 e. The SMILES string of the molecule is COc1ccc([C@@H]2C[C@H](C(F)(F)F)n3nc(-c4ccccc4)cc3N2)cc1OC. The van der Waals surface area contributed by atoms with Gasteiger partial charge in [-0.3, -0.25) is 0 Å². The molecule has 2 heterocycles. The number of hydrogen-bond acceptors (Lipinski definition) is 4. The van der Waals surface area contributed by atoms with E-state index in [9.17, 15) is 13.2 Å². The van der Waals surface area contributed by atoms with Gasteiger partial charge in [0.25, 0.3) is 0 Å². The zero-order valence-electron chi connectivity index (χ0n) is 15.9. The van der Waals surface area contributed by atoms with Crippen LogP contribution in [0.4, 0.5) is 19.0 Å². The molecule has 1 aromatic heterocycles. The van der Waals surface area contributed by atoms with Crippen LogP contribution in [-0.4, -0.2) is 30.2 Å². The maximum Gasteiger partial charge on any atom is 0.410 e. The Morgan fingerprint density at radius 3 is 2.38 bits per heavy atom. The first kappa shape index (κ1) is 19.2.